The standard InChI is InChI=1S/C15H19NOS/c1-12(9-10-13-6-5-11-17-13)16-14-7-3-4-8-15(14)18-2/h3-8,11-12,16H,9-10H2,1-2H3. The first kappa shape index (κ1) is 13.1. The Hall–Kier alpha value is -1.35. The molecule has 1 heterocycles. The van der Waals surface area contributed by atoms with Crippen molar-refractivity contribution < 1.29 is 4.42 Å². The molecule has 0 aliphatic carbocycles. The minimum atomic E-state index is 0.434. The number of para-hydroxylation sites is 1. The van der Waals surface area contributed by atoms with Gasteiger partial charge in [-0.25, -0.2) is 0 Å². The van der Waals surface area contributed by atoms with E-state index in [2.05, 4.69) is 42.8 Å². The van der Waals surface area contributed by atoms with Crippen LogP contribution in [0.2, 0.25) is 0 Å². The Balaban J connectivity index is 1.88. The fraction of sp³-hybridized carbons (Fsp3) is 0.333. The van der Waals surface area contributed by atoms with Crippen molar-refractivity contribution in [2.24, 2.45) is 0 Å². The predicted molar refractivity (Wildman–Crippen MR) is 78.3 cm³/mol. The number of furan rings is 1. The molecule has 2 aromatic rings. The van der Waals surface area contributed by atoms with E-state index in [0.29, 0.717) is 6.04 Å². The highest BCUT2D eigenvalue weighted by Crippen LogP contribution is 2.25. The molecule has 1 aromatic carbocycles. The first-order valence-corrected chi connectivity index (χ1v) is 7.44. The van der Waals surface area contributed by atoms with Gasteiger partial charge in [-0.05, 0) is 43.9 Å². The Morgan fingerprint density at radius 2 is 2.06 bits per heavy atom. The van der Waals surface area contributed by atoms with Gasteiger partial charge in [0.05, 0.1) is 6.26 Å². The molecule has 18 heavy (non-hydrogen) atoms. The van der Waals surface area contributed by atoms with Crippen LogP contribution in [0, 0.1) is 0 Å². The van der Waals surface area contributed by atoms with E-state index < -0.39 is 0 Å². The number of hydrogen-bond donors (Lipinski definition) is 1. The molecule has 1 N–H and O–H groups in total. The number of hydrogen-bond acceptors (Lipinski definition) is 3. The normalized spacial score (nSPS) is 12.3. The largest absolute Gasteiger partial charge is 0.469 e. The molecule has 0 aliphatic rings. The van der Waals surface area contributed by atoms with Crippen LogP contribution in [0.4, 0.5) is 5.69 Å². The molecular weight excluding hydrogens is 242 g/mol. The maximum Gasteiger partial charge on any atom is 0.103 e. The summed E-state index contributed by atoms with van der Waals surface area (Å²) in [5, 5.41) is 3.56. The molecule has 0 aliphatic heterocycles. The van der Waals surface area contributed by atoms with E-state index in [4.69, 9.17) is 4.42 Å². The van der Waals surface area contributed by atoms with Crippen LogP contribution < -0.4 is 5.32 Å². The van der Waals surface area contributed by atoms with Gasteiger partial charge in [0.2, 0.25) is 0 Å². The van der Waals surface area contributed by atoms with Crippen molar-refractivity contribution in [3.63, 3.8) is 0 Å². The monoisotopic (exact) mass is 261 g/mol. The molecule has 0 radical (unpaired) electrons. The van der Waals surface area contributed by atoms with Crippen LogP contribution in [0.1, 0.15) is 19.1 Å². The van der Waals surface area contributed by atoms with Crippen LogP contribution >= 0.6 is 11.8 Å². The third-order valence-corrected chi connectivity index (χ3v) is 3.71. The highest BCUT2D eigenvalue weighted by atomic mass is 32.2. The molecule has 0 saturated carbocycles. The molecule has 96 valence electrons. The molecule has 0 spiro atoms. The lowest BCUT2D eigenvalue weighted by molar-refractivity contribution is 0.495. The molecule has 1 atom stereocenters. The average molecular weight is 261 g/mol. The van der Waals surface area contributed by atoms with Gasteiger partial charge in [0.1, 0.15) is 5.76 Å². The van der Waals surface area contributed by atoms with Crippen LogP contribution in [0.25, 0.3) is 0 Å². The summed E-state index contributed by atoms with van der Waals surface area (Å²) in [5.74, 6) is 1.06. The number of benzene rings is 1. The van der Waals surface area contributed by atoms with E-state index >= 15 is 0 Å². The zero-order valence-corrected chi connectivity index (χ0v) is 11.7. The van der Waals surface area contributed by atoms with Gasteiger partial charge in [-0.15, -0.1) is 11.8 Å². The smallest absolute Gasteiger partial charge is 0.103 e. The van der Waals surface area contributed by atoms with Gasteiger partial charge in [0, 0.05) is 23.0 Å². The van der Waals surface area contributed by atoms with Crippen molar-refractivity contribution in [2.75, 3.05) is 11.6 Å². The van der Waals surface area contributed by atoms with Gasteiger partial charge in [-0.3, -0.25) is 0 Å². The molecule has 0 bridgehead atoms. The molecule has 1 unspecified atom stereocenters. The fourth-order valence-corrected chi connectivity index (χ4v) is 2.48. The summed E-state index contributed by atoms with van der Waals surface area (Å²) in [7, 11) is 0. The van der Waals surface area contributed by atoms with Crippen molar-refractivity contribution in [3.05, 3.63) is 48.4 Å². The summed E-state index contributed by atoms with van der Waals surface area (Å²) in [6, 6.07) is 12.8. The summed E-state index contributed by atoms with van der Waals surface area (Å²) in [5.41, 5.74) is 1.22. The van der Waals surface area contributed by atoms with E-state index in [1.165, 1.54) is 10.6 Å². The lowest BCUT2D eigenvalue weighted by Gasteiger charge is -2.16. The Morgan fingerprint density at radius 3 is 2.78 bits per heavy atom. The van der Waals surface area contributed by atoms with Crippen molar-refractivity contribution >= 4 is 17.4 Å². The summed E-state index contributed by atoms with van der Waals surface area (Å²) in [6.45, 7) is 2.21. The van der Waals surface area contributed by atoms with Crippen molar-refractivity contribution in [1.82, 2.24) is 0 Å². The number of aryl methyl sites for hydroxylation is 1. The molecule has 0 saturated heterocycles. The third-order valence-electron chi connectivity index (χ3n) is 2.91. The fourth-order valence-electron chi connectivity index (χ4n) is 1.92. The van der Waals surface area contributed by atoms with Crippen molar-refractivity contribution in [1.29, 1.82) is 0 Å². The van der Waals surface area contributed by atoms with Crippen LogP contribution in [0.3, 0.4) is 0 Å². The van der Waals surface area contributed by atoms with E-state index in [-0.39, 0.29) is 0 Å². The zero-order valence-electron chi connectivity index (χ0n) is 10.8. The van der Waals surface area contributed by atoms with E-state index in [1.54, 1.807) is 18.0 Å². The summed E-state index contributed by atoms with van der Waals surface area (Å²) in [6.07, 6.45) is 5.88. The van der Waals surface area contributed by atoms with Gasteiger partial charge in [-0.1, -0.05) is 12.1 Å². The van der Waals surface area contributed by atoms with Crippen molar-refractivity contribution in [3.8, 4) is 0 Å². The van der Waals surface area contributed by atoms with Crippen LogP contribution in [-0.2, 0) is 6.42 Å². The van der Waals surface area contributed by atoms with Crippen molar-refractivity contribution in [2.45, 2.75) is 30.7 Å². The van der Waals surface area contributed by atoms with E-state index in [9.17, 15) is 0 Å². The number of anilines is 1. The minimum absolute atomic E-state index is 0.434. The summed E-state index contributed by atoms with van der Waals surface area (Å²) < 4.78 is 5.35. The highest BCUT2D eigenvalue weighted by molar-refractivity contribution is 7.98. The molecule has 2 nitrogen and oxygen atoms in total. The summed E-state index contributed by atoms with van der Waals surface area (Å²) in [4.78, 5) is 1.29. The maximum absolute atomic E-state index is 5.35. The molecule has 0 amide bonds. The Kier molecular flexibility index (Phi) is 4.76. The number of nitrogens with one attached hydrogen (secondary N) is 1. The molecule has 0 fully saturated rings. The maximum atomic E-state index is 5.35. The van der Waals surface area contributed by atoms with E-state index in [1.807, 2.05) is 12.1 Å². The van der Waals surface area contributed by atoms with Gasteiger partial charge in [0.15, 0.2) is 0 Å². The van der Waals surface area contributed by atoms with Gasteiger partial charge in [0.25, 0.3) is 0 Å². The van der Waals surface area contributed by atoms with Crippen LogP contribution in [-0.4, -0.2) is 12.3 Å². The number of rotatable bonds is 6. The second-order valence-corrected chi connectivity index (χ2v) is 5.21. The minimum Gasteiger partial charge on any atom is -0.469 e. The first-order chi connectivity index (χ1) is 8.79. The highest BCUT2D eigenvalue weighted by Gasteiger charge is 2.06. The van der Waals surface area contributed by atoms with Gasteiger partial charge < -0.3 is 9.73 Å². The van der Waals surface area contributed by atoms with Gasteiger partial charge >= 0.3 is 0 Å². The van der Waals surface area contributed by atoms with E-state index in [0.717, 1.165) is 18.6 Å². The average Bonchev–Trinajstić information content (AvgIpc) is 2.90. The van der Waals surface area contributed by atoms with Gasteiger partial charge in [-0.2, -0.15) is 0 Å². The Labute approximate surface area is 113 Å². The topological polar surface area (TPSA) is 25.2 Å². The lowest BCUT2D eigenvalue weighted by Crippen LogP contribution is -2.16. The third kappa shape index (κ3) is 3.57. The molecule has 1 aromatic heterocycles. The quantitative estimate of drug-likeness (QED) is 0.778. The zero-order chi connectivity index (χ0) is 12.8. The molecule has 2 rings (SSSR count). The lowest BCUT2D eigenvalue weighted by atomic mass is 10.1. The summed E-state index contributed by atoms with van der Waals surface area (Å²) >= 11 is 1.77. The molecular formula is C15H19NOS. The second-order valence-electron chi connectivity index (χ2n) is 4.36. The van der Waals surface area contributed by atoms with Crippen LogP contribution in [0.15, 0.2) is 52.0 Å². The Bertz CT molecular complexity index is 467. The second kappa shape index (κ2) is 6.55. The number of thioether (sulfide) groups is 1. The predicted octanol–water partition coefficient (Wildman–Crippen LogP) is 4.43. The van der Waals surface area contributed by atoms with Crippen LogP contribution in [0.5, 0.6) is 0 Å². The Morgan fingerprint density at radius 1 is 1.22 bits per heavy atom. The first-order valence-electron chi connectivity index (χ1n) is 6.21. The molecule has 3 heteroatoms. The SMILES string of the molecule is CSc1ccccc1NC(C)CCc1ccco1.